The fourth-order valence-corrected chi connectivity index (χ4v) is 8.52. The van der Waals surface area contributed by atoms with Crippen LogP contribution in [0.5, 0.6) is 0 Å². The molecule has 60 heavy (non-hydrogen) atoms. The second-order valence-electron chi connectivity index (χ2n) is 15.2. The molecule has 6 heterocycles. The number of ether oxygens (including phenoxy) is 1. The third kappa shape index (κ3) is 7.26. The molecule has 6 aromatic rings. The van der Waals surface area contributed by atoms with Gasteiger partial charge in [0.15, 0.2) is 0 Å². The smallest absolute Gasteiger partial charge is 0.269 e. The van der Waals surface area contributed by atoms with Gasteiger partial charge in [0, 0.05) is 97.8 Å². The lowest BCUT2D eigenvalue weighted by molar-refractivity contribution is -0.136. The number of pyridine rings is 2. The Bertz CT molecular complexity index is 2790. The molecule has 0 saturated carbocycles. The maximum absolute atomic E-state index is 13.1. The van der Waals surface area contributed by atoms with Gasteiger partial charge in [-0.25, -0.2) is 0 Å². The summed E-state index contributed by atoms with van der Waals surface area (Å²) < 4.78 is 5.67. The van der Waals surface area contributed by atoms with Crippen LogP contribution < -0.4 is 16.0 Å². The Kier molecular flexibility index (Phi) is 10.4. The Hall–Kier alpha value is -7.17. The highest BCUT2D eigenvalue weighted by molar-refractivity contribution is 6.10. The molecule has 300 valence electrons. The molecule has 0 aliphatic carbocycles. The van der Waals surface area contributed by atoms with Crippen LogP contribution in [0.4, 0.5) is 0 Å². The number of imide groups is 1. The third-order valence-corrected chi connectivity index (χ3v) is 11.7. The summed E-state index contributed by atoms with van der Waals surface area (Å²) in [6.45, 7) is 1.94. The van der Waals surface area contributed by atoms with Crippen LogP contribution in [0.1, 0.15) is 85.9 Å². The summed E-state index contributed by atoms with van der Waals surface area (Å²) in [5.74, 6) is 5.01. The SMILES string of the molecule is CNC(=O)c1c[nH]c2c(C3CCOCC3)cc(-c3cccc4cc(-c5ccc(C(=O)NCCC#Cc6cccc7c6CN(C6CCC(=O)NC6=O)C7=O)nc5)ncc34)cc12. The number of carbonyl (C=O) groups is 5. The molecule has 1 atom stereocenters. The minimum atomic E-state index is -0.695. The van der Waals surface area contributed by atoms with Gasteiger partial charge in [-0.15, -0.1) is 0 Å². The van der Waals surface area contributed by atoms with Gasteiger partial charge in [0.05, 0.1) is 11.3 Å². The number of nitrogens with zero attached hydrogens (tertiary/aromatic N) is 3. The first-order valence-corrected chi connectivity index (χ1v) is 20.1. The molecule has 3 aliphatic rings. The zero-order valence-electron chi connectivity index (χ0n) is 32.9. The molecule has 0 spiro atoms. The second kappa shape index (κ2) is 16.2. The lowest BCUT2D eigenvalue weighted by Crippen LogP contribution is -2.52. The van der Waals surface area contributed by atoms with E-state index in [0.29, 0.717) is 55.2 Å². The van der Waals surface area contributed by atoms with Crippen LogP contribution in [-0.2, 0) is 20.9 Å². The number of aromatic amines is 1. The number of piperidine rings is 1. The molecule has 4 N–H and O–H groups in total. The Balaban J connectivity index is 0.870. The first kappa shape index (κ1) is 38.4. The van der Waals surface area contributed by atoms with Crippen molar-refractivity contribution in [1.82, 2.24) is 35.8 Å². The van der Waals surface area contributed by atoms with E-state index in [1.807, 2.05) is 36.5 Å². The number of amides is 5. The highest BCUT2D eigenvalue weighted by atomic mass is 16.5. The highest BCUT2D eigenvalue weighted by Crippen LogP contribution is 2.39. The van der Waals surface area contributed by atoms with Crippen molar-refractivity contribution in [3.8, 4) is 34.2 Å². The molecular weight excluding hydrogens is 759 g/mol. The number of hydrogen-bond donors (Lipinski definition) is 4. The summed E-state index contributed by atoms with van der Waals surface area (Å²) >= 11 is 0. The number of carbonyl (C=O) groups excluding carboxylic acids is 5. The average molecular weight is 800 g/mol. The molecule has 3 aromatic heterocycles. The summed E-state index contributed by atoms with van der Waals surface area (Å²) in [7, 11) is 1.64. The van der Waals surface area contributed by atoms with Crippen LogP contribution in [-0.4, -0.2) is 82.2 Å². The van der Waals surface area contributed by atoms with Crippen LogP contribution in [0.3, 0.4) is 0 Å². The summed E-state index contributed by atoms with van der Waals surface area (Å²) in [6.07, 6.45) is 7.97. The number of fused-ring (bicyclic) bond motifs is 3. The zero-order chi connectivity index (χ0) is 41.3. The van der Waals surface area contributed by atoms with E-state index in [1.165, 1.54) is 10.5 Å². The van der Waals surface area contributed by atoms with Gasteiger partial charge >= 0.3 is 0 Å². The quantitative estimate of drug-likeness (QED) is 0.0871. The molecule has 2 fully saturated rings. The molecule has 3 aromatic carbocycles. The van der Waals surface area contributed by atoms with Crippen molar-refractivity contribution in [2.24, 2.45) is 0 Å². The van der Waals surface area contributed by atoms with E-state index in [9.17, 15) is 24.0 Å². The van der Waals surface area contributed by atoms with Crippen LogP contribution in [0.15, 0.2) is 85.3 Å². The largest absolute Gasteiger partial charge is 0.381 e. The maximum atomic E-state index is 13.1. The number of rotatable bonds is 8. The predicted molar refractivity (Wildman–Crippen MR) is 225 cm³/mol. The fraction of sp³-hybridized carbons (Fsp3) is 0.255. The molecule has 13 nitrogen and oxygen atoms in total. The van der Waals surface area contributed by atoms with E-state index in [4.69, 9.17) is 9.72 Å². The number of nitrogens with one attached hydrogen (secondary N) is 4. The molecule has 3 aliphatic heterocycles. The molecule has 0 bridgehead atoms. The average Bonchev–Trinajstić information content (AvgIpc) is 3.86. The van der Waals surface area contributed by atoms with Crippen molar-refractivity contribution in [2.75, 3.05) is 26.8 Å². The highest BCUT2D eigenvalue weighted by Gasteiger charge is 2.39. The molecule has 0 radical (unpaired) electrons. The Labute approximate surface area is 345 Å². The summed E-state index contributed by atoms with van der Waals surface area (Å²) in [5, 5.41) is 10.8. The van der Waals surface area contributed by atoms with Crippen molar-refractivity contribution < 1.29 is 28.7 Å². The molecule has 2 saturated heterocycles. The van der Waals surface area contributed by atoms with E-state index >= 15 is 0 Å². The lowest BCUT2D eigenvalue weighted by Gasteiger charge is -2.29. The Morgan fingerprint density at radius 1 is 0.900 bits per heavy atom. The molecule has 5 amide bonds. The van der Waals surface area contributed by atoms with E-state index in [2.05, 4.69) is 56.0 Å². The van der Waals surface area contributed by atoms with Gasteiger partial charge in [0.2, 0.25) is 11.8 Å². The Morgan fingerprint density at radius 3 is 2.53 bits per heavy atom. The monoisotopic (exact) mass is 799 g/mol. The minimum absolute atomic E-state index is 0.141. The van der Waals surface area contributed by atoms with Gasteiger partial charge in [-0.1, -0.05) is 36.1 Å². The summed E-state index contributed by atoms with van der Waals surface area (Å²) in [5.41, 5.74) is 8.48. The number of hydrogen-bond acceptors (Lipinski definition) is 8. The van der Waals surface area contributed by atoms with E-state index in [-0.39, 0.29) is 42.3 Å². The number of H-pyrrole nitrogens is 1. The van der Waals surface area contributed by atoms with Gasteiger partial charge < -0.3 is 25.3 Å². The normalized spacial score (nSPS) is 16.6. The molecular formula is C47H41N7O6. The second-order valence-corrected chi connectivity index (χ2v) is 15.2. The maximum Gasteiger partial charge on any atom is 0.269 e. The first-order valence-electron chi connectivity index (χ1n) is 20.1. The van der Waals surface area contributed by atoms with Crippen LogP contribution in [0.2, 0.25) is 0 Å². The molecule has 1 unspecified atom stereocenters. The topological polar surface area (TPSA) is 175 Å². The summed E-state index contributed by atoms with van der Waals surface area (Å²) in [4.78, 5) is 77.2. The third-order valence-electron chi connectivity index (χ3n) is 11.7. The Morgan fingerprint density at radius 2 is 1.73 bits per heavy atom. The van der Waals surface area contributed by atoms with Crippen LogP contribution in [0, 0.1) is 11.8 Å². The van der Waals surface area contributed by atoms with E-state index in [1.54, 1.807) is 37.6 Å². The van der Waals surface area contributed by atoms with Crippen molar-refractivity contribution in [3.63, 3.8) is 0 Å². The van der Waals surface area contributed by atoms with Gasteiger partial charge in [-0.05, 0) is 95.3 Å². The fourth-order valence-electron chi connectivity index (χ4n) is 8.52. The number of aromatic nitrogens is 3. The van der Waals surface area contributed by atoms with Crippen molar-refractivity contribution in [3.05, 3.63) is 119 Å². The van der Waals surface area contributed by atoms with Crippen molar-refractivity contribution in [2.45, 2.75) is 50.6 Å². The number of benzene rings is 3. The molecule has 13 heteroatoms. The van der Waals surface area contributed by atoms with E-state index < -0.39 is 11.9 Å². The first-order chi connectivity index (χ1) is 29.3. The predicted octanol–water partition coefficient (Wildman–Crippen LogP) is 5.63. The zero-order valence-corrected chi connectivity index (χ0v) is 32.9. The molecule has 9 rings (SSSR count). The van der Waals surface area contributed by atoms with Gasteiger partial charge in [-0.2, -0.15) is 0 Å². The van der Waals surface area contributed by atoms with Crippen LogP contribution in [0.25, 0.3) is 44.1 Å². The van der Waals surface area contributed by atoms with Gasteiger partial charge in [0.1, 0.15) is 11.7 Å². The van der Waals surface area contributed by atoms with Crippen LogP contribution >= 0.6 is 0 Å². The van der Waals surface area contributed by atoms with Gasteiger partial charge in [0.25, 0.3) is 17.7 Å². The van der Waals surface area contributed by atoms with Gasteiger partial charge in [-0.3, -0.25) is 39.3 Å². The van der Waals surface area contributed by atoms with Crippen molar-refractivity contribution in [1.29, 1.82) is 0 Å². The standard InChI is InChI=1S/C47H41N7O6/c1-48-44(56)37-25-52-43-34(28-15-18-60-19-16-28)20-31(21-35(37)43)32-9-5-8-29-22-40(51-24-36(29)32)30-11-12-39(50-23-30)45(57)49-17-3-2-6-27-7-4-10-33-38(27)26-54(47(33)59)41-13-14-42(55)53-46(41)58/h4-5,7-12,20-25,28,41,52H,3,13-19,26H2,1H3,(H,48,56)(H,49,57)(H,53,55,58). The minimum Gasteiger partial charge on any atom is -0.381 e. The lowest BCUT2D eigenvalue weighted by atomic mass is 9.87. The summed E-state index contributed by atoms with van der Waals surface area (Å²) in [6, 6.07) is 20.6. The van der Waals surface area contributed by atoms with Crippen molar-refractivity contribution >= 4 is 51.2 Å². The van der Waals surface area contributed by atoms with E-state index in [0.717, 1.165) is 62.5 Å².